The van der Waals surface area contributed by atoms with Gasteiger partial charge < -0.3 is 4.57 Å². The Kier molecular flexibility index (Phi) is 4.34. The summed E-state index contributed by atoms with van der Waals surface area (Å²) in [6.07, 6.45) is 6.96. The van der Waals surface area contributed by atoms with Crippen LogP contribution < -0.4 is 0 Å². The van der Waals surface area contributed by atoms with Crippen molar-refractivity contribution in [2.24, 2.45) is 0 Å². The summed E-state index contributed by atoms with van der Waals surface area (Å²) in [6.45, 7) is 5.03. The molecule has 0 spiro atoms. The van der Waals surface area contributed by atoms with Crippen molar-refractivity contribution in [1.82, 2.24) is 19.7 Å². The maximum atomic E-state index is 4.52. The van der Waals surface area contributed by atoms with Crippen molar-refractivity contribution in [3.63, 3.8) is 0 Å². The molecule has 0 radical (unpaired) electrons. The third-order valence-electron chi connectivity index (χ3n) is 3.95. The number of aromatic amines is 1. The minimum Gasteiger partial charge on any atom is -0.331 e. The van der Waals surface area contributed by atoms with Crippen LogP contribution in [0.1, 0.15) is 17.0 Å². The number of thioether (sulfide) groups is 1. The first-order valence-corrected chi connectivity index (χ1v) is 8.57. The van der Waals surface area contributed by atoms with Gasteiger partial charge in [0.1, 0.15) is 5.82 Å². The number of hydrogen-bond donors (Lipinski definition) is 1. The lowest BCUT2D eigenvalue weighted by atomic mass is 10.1. The van der Waals surface area contributed by atoms with Crippen molar-refractivity contribution >= 4 is 11.8 Å². The van der Waals surface area contributed by atoms with Gasteiger partial charge in [0.25, 0.3) is 0 Å². The second-order valence-electron chi connectivity index (χ2n) is 5.34. The summed E-state index contributed by atoms with van der Waals surface area (Å²) in [5.41, 5.74) is 4.70. The summed E-state index contributed by atoms with van der Waals surface area (Å²) in [7, 11) is 0. The number of imidazole rings is 1. The van der Waals surface area contributed by atoms with Crippen LogP contribution in [0.3, 0.4) is 0 Å². The molecule has 1 aromatic carbocycles. The zero-order valence-corrected chi connectivity index (χ0v) is 13.9. The average molecular weight is 312 g/mol. The number of aromatic nitrogens is 4. The highest BCUT2D eigenvalue weighted by Crippen LogP contribution is 2.22. The van der Waals surface area contributed by atoms with Gasteiger partial charge >= 0.3 is 0 Å². The fraction of sp³-hybridized carbons (Fsp3) is 0.294. The van der Waals surface area contributed by atoms with Crippen molar-refractivity contribution in [3.05, 3.63) is 53.6 Å². The molecular formula is C17H20N4S. The summed E-state index contributed by atoms with van der Waals surface area (Å²) in [5.74, 6) is 1.02. The molecule has 0 saturated carbocycles. The molecule has 0 amide bonds. The molecule has 0 saturated heterocycles. The lowest BCUT2D eigenvalue weighted by Crippen LogP contribution is -2.03. The van der Waals surface area contributed by atoms with Gasteiger partial charge in [-0.25, -0.2) is 4.98 Å². The van der Waals surface area contributed by atoms with E-state index >= 15 is 0 Å². The van der Waals surface area contributed by atoms with Crippen LogP contribution in [-0.2, 0) is 13.0 Å². The van der Waals surface area contributed by atoms with E-state index in [0.717, 1.165) is 35.7 Å². The molecule has 3 aromatic rings. The van der Waals surface area contributed by atoms with Gasteiger partial charge in [-0.2, -0.15) is 5.10 Å². The van der Waals surface area contributed by atoms with E-state index < -0.39 is 0 Å². The molecule has 2 aromatic heterocycles. The zero-order chi connectivity index (χ0) is 15.5. The highest BCUT2D eigenvalue weighted by molar-refractivity contribution is 7.98. The predicted molar refractivity (Wildman–Crippen MR) is 91.2 cm³/mol. The summed E-state index contributed by atoms with van der Waals surface area (Å²) in [5, 5.41) is 7.31. The summed E-state index contributed by atoms with van der Waals surface area (Å²) in [6, 6.07) is 8.56. The number of benzene rings is 1. The van der Waals surface area contributed by atoms with Gasteiger partial charge in [0.05, 0.1) is 5.69 Å². The maximum absolute atomic E-state index is 4.52. The standard InChI is InChI=1S/C17H20N4S/c1-12-16(13(2)20-19-12)8-10-21-11-9-18-17(21)14-4-6-15(22-3)7-5-14/h4-7,9,11H,8,10H2,1-3H3,(H,19,20). The van der Waals surface area contributed by atoms with Crippen LogP contribution in [0.2, 0.25) is 0 Å². The Balaban J connectivity index is 1.80. The minimum absolute atomic E-state index is 0.904. The van der Waals surface area contributed by atoms with E-state index in [1.165, 1.54) is 10.5 Å². The Morgan fingerprint density at radius 1 is 1.18 bits per heavy atom. The van der Waals surface area contributed by atoms with E-state index in [9.17, 15) is 0 Å². The highest BCUT2D eigenvalue weighted by Gasteiger charge is 2.09. The van der Waals surface area contributed by atoms with Gasteiger partial charge in [0.15, 0.2) is 0 Å². The third-order valence-corrected chi connectivity index (χ3v) is 4.69. The maximum Gasteiger partial charge on any atom is 0.139 e. The smallest absolute Gasteiger partial charge is 0.139 e. The van der Waals surface area contributed by atoms with E-state index in [2.05, 4.69) is 64.1 Å². The first-order valence-electron chi connectivity index (χ1n) is 7.35. The molecule has 22 heavy (non-hydrogen) atoms. The molecule has 0 unspecified atom stereocenters. The van der Waals surface area contributed by atoms with Crippen LogP contribution in [0, 0.1) is 13.8 Å². The highest BCUT2D eigenvalue weighted by atomic mass is 32.2. The van der Waals surface area contributed by atoms with Crippen LogP contribution in [0.4, 0.5) is 0 Å². The minimum atomic E-state index is 0.904. The number of rotatable bonds is 5. The van der Waals surface area contributed by atoms with E-state index in [1.807, 2.05) is 12.4 Å². The SMILES string of the molecule is CSc1ccc(-c2nccn2CCc2c(C)n[nH]c2C)cc1. The Morgan fingerprint density at radius 3 is 2.59 bits per heavy atom. The summed E-state index contributed by atoms with van der Waals surface area (Å²) < 4.78 is 2.21. The number of aryl methyl sites for hydroxylation is 3. The average Bonchev–Trinajstić information content (AvgIpc) is 3.13. The van der Waals surface area contributed by atoms with Crippen molar-refractivity contribution < 1.29 is 0 Å². The van der Waals surface area contributed by atoms with Crippen LogP contribution in [-0.4, -0.2) is 26.0 Å². The van der Waals surface area contributed by atoms with Crippen molar-refractivity contribution in [3.8, 4) is 11.4 Å². The van der Waals surface area contributed by atoms with Gasteiger partial charge in [-0.05, 0) is 44.2 Å². The quantitative estimate of drug-likeness (QED) is 0.728. The molecule has 0 aliphatic rings. The molecule has 0 aliphatic carbocycles. The Hall–Kier alpha value is -2.01. The molecular weight excluding hydrogens is 292 g/mol. The fourth-order valence-corrected chi connectivity index (χ4v) is 3.07. The molecule has 0 atom stereocenters. The first-order chi connectivity index (χ1) is 10.7. The van der Waals surface area contributed by atoms with Gasteiger partial charge in [-0.1, -0.05) is 12.1 Å². The third kappa shape index (κ3) is 2.95. The second kappa shape index (κ2) is 6.40. The molecule has 0 fully saturated rings. The fourth-order valence-electron chi connectivity index (χ4n) is 2.66. The summed E-state index contributed by atoms with van der Waals surface area (Å²) >= 11 is 1.75. The van der Waals surface area contributed by atoms with Gasteiger partial charge in [0.2, 0.25) is 0 Å². The number of nitrogens with zero attached hydrogens (tertiary/aromatic N) is 3. The Morgan fingerprint density at radius 2 is 1.95 bits per heavy atom. The molecule has 5 heteroatoms. The van der Waals surface area contributed by atoms with E-state index in [-0.39, 0.29) is 0 Å². The van der Waals surface area contributed by atoms with Gasteiger partial charge in [-0.3, -0.25) is 5.10 Å². The first kappa shape index (κ1) is 14.9. The van der Waals surface area contributed by atoms with Crippen LogP contribution in [0.25, 0.3) is 11.4 Å². The topological polar surface area (TPSA) is 46.5 Å². The van der Waals surface area contributed by atoms with E-state index in [0.29, 0.717) is 0 Å². The molecule has 0 aliphatic heterocycles. The second-order valence-corrected chi connectivity index (χ2v) is 6.21. The molecule has 1 N–H and O–H groups in total. The predicted octanol–water partition coefficient (Wildman–Crippen LogP) is 3.85. The lowest BCUT2D eigenvalue weighted by molar-refractivity contribution is 0.699. The number of H-pyrrole nitrogens is 1. The van der Waals surface area contributed by atoms with E-state index in [1.54, 1.807) is 11.8 Å². The van der Waals surface area contributed by atoms with Crippen molar-refractivity contribution in [1.29, 1.82) is 0 Å². The van der Waals surface area contributed by atoms with Crippen molar-refractivity contribution in [2.45, 2.75) is 31.7 Å². The Labute approximate surface area is 135 Å². The molecule has 3 rings (SSSR count). The van der Waals surface area contributed by atoms with Gasteiger partial charge in [0, 0.05) is 35.1 Å². The Bertz CT molecular complexity index is 736. The monoisotopic (exact) mass is 312 g/mol. The number of nitrogens with one attached hydrogen (secondary N) is 1. The van der Waals surface area contributed by atoms with Crippen LogP contribution in [0.5, 0.6) is 0 Å². The van der Waals surface area contributed by atoms with Crippen LogP contribution >= 0.6 is 11.8 Å². The van der Waals surface area contributed by atoms with Crippen LogP contribution in [0.15, 0.2) is 41.6 Å². The lowest BCUT2D eigenvalue weighted by Gasteiger charge is -2.09. The zero-order valence-electron chi connectivity index (χ0n) is 13.1. The van der Waals surface area contributed by atoms with Gasteiger partial charge in [-0.15, -0.1) is 11.8 Å². The molecule has 4 nitrogen and oxygen atoms in total. The van der Waals surface area contributed by atoms with E-state index in [4.69, 9.17) is 0 Å². The summed E-state index contributed by atoms with van der Waals surface area (Å²) in [4.78, 5) is 5.79. The molecule has 0 bridgehead atoms. The molecule has 114 valence electrons. The molecule has 2 heterocycles. The van der Waals surface area contributed by atoms with Crippen molar-refractivity contribution in [2.75, 3.05) is 6.26 Å². The normalized spacial score (nSPS) is 11.0. The number of hydrogen-bond acceptors (Lipinski definition) is 3. The largest absolute Gasteiger partial charge is 0.331 e.